The summed E-state index contributed by atoms with van der Waals surface area (Å²) >= 11 is 1.73. The summed E-state index contributed by atoms with van der Waals surface area (Å²) in [5.41, 5.74) is 2.29. The highest BCUT2D eigenvalue weighted by molar-refractivity contribution is 7.07. The first kappa shape index (κ1) is 12.3. The molecule has 0 atom stereocenters. The highest BCUT2D eigenvalue weighted by Crippen LogP contribution is 2.11. The second-order valence-electron chi connectivity index (χ2n) is 4.12. The van der Waals surface area contributed by atoms with Crippen LogP contribution in [0.15, 0.2) is 27.4 Å². The van der Waals surface area contributed by atoms with Crippen molar-refractivity contribution in [2.75, 3.05) is 14.1 Å². The monoisotopic (exact) mass is 251 g/mol. The third-order valence-electron chi connectivity index (χ3n) is 2.42. The van der Waals surface area contributed by atoms with Crippen LogP contribution >= 0.6 is 11.3 Å². The van der Waals surface area contributed by atoms with Gasteiger partial charge in [0, 0.05) is 19.2 Å². The fourth-order valence-corrected chi connectivity index (χ4v) is 2.37. The number of aromatic nitrogens is 1. The van der Waals surface area contributed by atoms with Crippen LogP contribution in [-0.4, -0.2) is 24.2 Å². The lowest BCUT2D eigenvalue weighted by molar-refractivity contribution is 0.266. The van der Waals surface area contributed by atoms with Gasteiger partial charge < -0.3 is 9.84 Å². The summed E-state index contributed by atoms with van der Waals surface area (Å²) in [7, 11) is 3.98. The molecule has 0 aromatic carbocycles. The molecule has 0 aliphatic carbocycles. The first-order chi connectivity index (χ1) is 8.28. The minimum atomic E-state index is 0.748. The van der Waals surface area contributed by atoms with Gasteiger partial charge in [0.25, 0.3) is 0 Å². The second kappa shape index (κ2) is 5.95. The van der Waals surface area contributed by atoms with Crippen molar-refractivity contribution < 1.29 is 4.52 Å². The first-order valence-corrected chi connectivity index (χ1v) is 6.51. The van der Waals surface area contributed by atoms with Crippen LogP contribution in [0, 0.1) is 0 Å². The van der Waals surface area contributed by atoms with E-state index in [9.17, 15) is 0 Å². The molecule has 0 saturated carbocycles. The Labute approximate surface area is 105 Å². The van der Waals surface area contributed by atoms with E-state index >= 15 is 0 Å². The smallest absolute Gasteiger partial charge is 0.151 e. The van der Waals surface area contributed by atoms with Gasteiger partial charge in [-0.05, 0) is 36.5 Å². The van der Waals surface area contributed by atoms with E-state index in [4.69, 9.17) is 4.52 Å². The summed E-state index contributed by atoms with van der Waals surface area (Å²) in [4.78, 5) is 2.21. The Morgan fingerprint density at radius 1 is 1.47 bits per heavy atom. The molecule has 0 spiro atoms. The molecule has 0 amide bonds. The molecule has 5 heteroatoms. The highest BCUT2D eigenvalue weighted by atomic mass is 32.1. The number of hydrogen-bond acceptors (Lipinski definition) is 5. The number of nitrogens with zero attached hydrogens (tertiary/aromatic N) is 2. The van der Waals surface area contributed by atoms with Gasteiger partial charge in [0.05, 0.1) is 12.2 Å². The molecule has 2 rings (SSSR count). The van der Waals surface area contributed by atoms with E-state index in [1.807, 2.05) is 13.1 Å². The van der Waals surface area contributed by atoms with Gasteiger partial charge in [0.15, 0.2) is 5.76 Å². The van der Waals surface area contributed by atoms with Crippen LogP contribution in [0.4, 0.5) is 0 Å². The fourth-order valence-electron chi connectivity index (χ4n) is 1.71. The summed E-state index contributed by atoms with van der Waals surface area (Å²) in [6.07, 6.45) is 0. The average Bonchev–Trinajstić information content (AvgIpc) is 2.91. The van der Waals surface area contributed by atoms with Crippen molar-refractivity contribution in [3.63, 3.8) is 0 Å². The van der Waals surface area contributed by atoms with Gasteiger partial charge in [0.1, 0.15) is 0 Å². The minimum absolute atomic E-state index is 0.748. The molecule has 17 heavy (non-hydrogen) atoms. The van der Waals surface area contributed by atoms with Gasteiger partial charge in [-0.3, -0.25) is 4.90 Å². The van der Waals surface area contributed by atoms with Crippen LogP contribution in [-0.2, 0) is 19.6 Å². The summed E-state index contributed by atoms with van der Waals surface area (Å²) in [5, 5.41) is 11.3. The zero-order valence-corrected chi connectivity index (χ0v) is 11.0. The topological polar surface area (TPSA) is 41.3 Å². The first-order valence-electron chi connectivity index (χ1n) is 5.56. The van der Waals surface area contributed by atoms with Crippen LogP contribution < -0.4 is 5.32 Å². The van der Waals surface area contributed by atoms with Crippen molar-refractivity contribution in [3.05, 3.63) is 39.9 Å². The molecule has 0 saturated heterocycles. The summed E-state index contributed by atoms with van der Waals surface area (Å²) in [6, 6.07) is 4.15. The Morgan fingerprint density at radius 2 is 2.35 bits per heavy atom. The lowest BCUT2D eigenvalue weighted by atomic mass is 10.3. The minimum Gasteiger partial charge on any atom is -0.360 e. The molecule has 0 aliphatic heterocycles. The molecule has 0 fully saturated rings. The Hall–Kier alpha value is -1.17. The predicted octanol–water partition coefficient (Wildman–Crippen LogP) is 2.09. The third kappa shape index (κ3) is 3.66. The van der Waals surface area contributed by atoms with Gasteiger partial charge in [-0.15, -0.1) is 0 Å². The SMILES string of the molecule is CNCc1cc(CN(C)Cc2ccsc2)on1. The number of nitrogens with one attached hydrogen (secondary N) is 1. The molecular weight excluding hydrogens is 234 g/mol. The maximum absolute atomic E-state index is 5.28. The second-order valence-corrected chi connectivity index (χ2v) is 4.90. The summed E-state index contributed by atoms with van der Waals surface area (Å²) < 4.78 is 5.28. The summed E-state index contributed by atoms with van der Waals surface area (Å²) in [6.45, 7) is 2.47. The molecule has 92 valence electrons. The molecule has 1 N–H and O–H groups in total. The molecular formula is C12H17N3OS. The van der Waals surface area contributed by atoms with E-state index < -0.39 is 0 Å². The van der Waals surface area contributed by atoms with E-state index in [1.165, 1.54) is 5.56 Å². The highest BCUT2D eigenvalue weighted by Gasteiger charge is 2.07. The van der Waals surface area contributed by atoms with Gasteiger partial charge in [-0.1, -0.05) is 5.16 Å². The van der Waals surface area contributed by atoms with Gasteiger partial charge >= 0.3 is 0 Å². The molecule has 2 aromatic heterocycles. The normalized spacial score (nSPS) is 11.2. The van der Waals surface area contributed by atoms with Crippen molar-refractivity contribution in [2.24, 2.45) is 0 Å². The zero-order chi connectivity index (χ0) is 12.1. The molecule has 2 aromatic rings. The van der Waals surface area contributed by atoms with E-state index in [1.54, 1.807) is 11.3 Å². The lowest BCUT2D eigenvalue weighted by Crippen LogP contribution is -2.16. The largest absolute Gasteiger partial charge is 0.360 e. The Kier molecular flexibility index (Phi) is 4.30. The standard InChI is InChI=1S/C12H17N3OS/c1-13-6-11-5-12(16-14-11)8-15(2)7-10-3-4-17-9-10/h3-5,9,13H,6-8H2,1-2H3. The number of hydrogen-bond donors (Lipinski definition) is 1. The van der Waals surface area contributed by atoms with E-state index in [0.717, 1.165) is 31.1 Å². The van der Waals surface area contributed by atoms with Crippen molar-refractivity contribution in [1.82, 2.24) is 15.4 Å². The average molecular weight is 251 g/mol. The van der Waals surface area contributed by atoms with Crippen molar-refractivity contribution in [1.29, 1.82) is 0 Å². The van der Waals surface area contributed by atoms with Crippen LogP contribution in [0.25, 0.3) is 0 Å². The fraction of sp³-hybridized carbons (Fsp3) is 0.417. The maximum atomic E-state index is 5.28. The number of thiophene rings is 1. The zero-order valence-electron chi connectivity index (χ0n) is 10.1. The third-order valence-corrected chi connectivity index (χ3v) is 3.16. The quantitative estimate of drug-likeness (QED) is 0.853. The van der Waals surface area contributed by atoms with Crippen LogP contribution in [0.1, 0.15) is 17.0 Å². The van der Waals surface area contributed by atoms with Gasteiger partial charge in [0.2, 0.25) is 0 Å². The van der Waals surface area contributed by atoms with E-state index in [0.29, 0.717) is 0 Å². The molecule has 0 bridgehead atoms. The lowest BCUT2D eigenvalue weighted by Gasteiger charge is -2.13. The van der Waals surface area contributed by atoms with Crippen molar-refractivity contribution in [3.8, 4) is 0 Å². The Balaban J connectivity index is 1.86. The van der Waals surface area contributed by atoms with Crippen LogP contribution in [0.3, 0.4) is 0 Å². The predicted molar refractivity (Wildman–Crippen MR) is 68.8 cm³/mol. The molecule has 2 heterocycles. The summed E-state index contributed by atoms with van der Waals surface area (Å²) in [5.74, 6) is 0.910. The van der Waals surface area contributed by atoms with Gasteiger partial charge in [-0.2, -0.15) is 11.3 Å². The molecule has 0 unspecified atom stereocenters. The molecule has 0 aliphatic rings. The van der Waals surface area contributed by atoms with E-state index in [2.05, 4.69) is 39.2 Å². The Morgan fingerprint density at radius 3 is 3.06 bits per heavy atom. The Bertz CT molecular complexity index is 438. The molecule has 0 radical (unpaired) electrons. The maximum Gasteiger partial charge on any atom is 0.151 e. The van der Waals surface area contributed by atoms with Crippen LogP contribution in [0.2, 0.25) is 0 Å². The van der Waals surface area contributed by atoms with E-state index in [-0.39, 0.29) is 0 Å². The number of rotatable bonds is 6. The van der Waals surface area contributed by atoms with Crippen molar-refractivity contribution >= 4 is 11.3 Å². The van der Waals surface area contributed by atoms with Gasteiger partial charge in [-0.25, -0.2) is 0 Å². The van der Waals surface area contributed by atoms with Crippen LogP contribution in [0.5, 0.6) is 0 Å². The van der Waals surface area contributed by atoms with Crippen molar-refractivity contribution in [2.45, 2.75) is 19.6 Å². The molecule has 4 nitrogen and oxygen atoms in total.